The predicted molar refractivity (Wildman–Crippen MR) is 121 cm³/mol. The quantitative estimate of drug-likeness (QED) is 0.352. The third-order valence-corrected chi connectivity index (χ3v) is 10.2. The zero-order valence-corrected chi connectivity index (χ0v) is 19.2. The van der Waals surface area contributed by atoms with E-state index >= 15 is 0 Å². The largest absolute Gasteiger partial charge is 0.466 e. The highest BCUT2D eigenvalue weighted by Crippen LogP contribution is 2.40. The molecule has 0 saturated heterocycles. The maximum absolute atomic E-state index is 14.9. The first kappa shape index (κ1) is 24.3. The Hall–Kier alpha value is -3.30. The van der Waals surface area contributed by atoms with Gasteiger partial charge in [-0.3, -0.25) is 0 Å². The smallest absolute Gasteiger partial charge is 0.333 e. The first-order chi connectivity index (χ1) is 15.6. The van der Waals surface area contributed by atoms with Crippen molar-refractivity contribution in [1.29, 1.82) is 0 Å². The van der Waals surface area contributed by atoms with Crippen LogP contribution in [0.15, 0.2) is 107 Å². The molecule has 0 bridgehead atoms. The molecule has 0 aliphatic rings. The molecule has 33 heavy (non-hydrogen) atoms. The minimum absolute atomic E-state index is 0.298. The lowest BCUT2D eigenvalue weighted by Crippen LogP contribution is -2.39. The van der Waals surface area contributed by atoms with E-state index in [1.807, 2.05) is 0 Å². The van der Waals surface area contributed by atoms with Gasteiger partial charge in [-0.2, -0.15) is 0 Å². The summed E-state index contributed by atoms with van der Waals surface area (Å²) in [6.45, 7) is 3.61. The van der Waals surface area contributed by atoms with Crippen LogP contribution >= 0.6 is 0 Å². The van der Waals surface area contributed by atoms with Crippen LogP contribution in [0.25, 0.3) is 0 Å². The van der Waals surface area contributed by atoms with E-state index in [-0.39, 0.29) is 15.4 Å². The van der Waals surface area contributed by atoms with Crippen LogP contribution in [0.5, 0.6) is 0 Å². The number of carbonyl (C=O) groups excluding carboxylic acids is 1. The molecular formula is C24H21FO6S2. The van der Waals surface area contributed by atoms with Crippen molar-refractivity contribution in [3.8, 4) is 0 Å². The van der Waals surface area contributed by atoms with Gasteiger partial charge < -0.3 is 4.74 Å². The monoisotopic (exact) mass is 488 g/mol. The van der Waals surface area contributed by atoms with Gasteiger partial charge in [0.1, 0.15) is 5.82 Å². The first-order valence-corrected chi connectivity index (χ1v) is 12.8. The summed E-state index contributed by atoms with van der Waals surface area (Å²) >= 11 is 0. The number of methoxy groups -OCH3 is 1. The van der Waals surface area contributed by atoms with Crippen molar-refractivity contribution in [1.82, 2.24) is 0 Å². The predicted octanol–water partition coefficient (Wildman–Crippen LogP) is 3.91. The van der Waals surface area contributed by atoms with Crippen molar-refractivity contribution in [3.05, 3.63) is 108 Å². The lowest BCUT2D eigenvalue weighted by atomic mass is 9.93. The Morgan fingerprint density at radius 2 is 1.21 bits per heavy atom. The van der Waals surface area contributed by atoms with Crippen molar-refractivity contribution in [2.24, 2.45) is 0 Å². The molecule has 9 heteroatoms. The Balaban J connectivity index is 2.40. The summed E-state index contributed by atoms with van der Waals surface area (Å²) in [5.74, 6) is -3.72. The molecule has 3 aromatic carbocycles. The first-order valence-electron chi connectivity index (χ1n) is 9.71. The molecule has 0 fully saturated rings. The average molecular weight is 489 g/mol. The van der Waals surface area contributed by atoms with Crippen molar-refractivity contribution >= 4 is 25.6 Å². The van der Waals surface area contributed by atoms with Crippen LogP contribution < -0.4 is 0 Å². The number of hydrogen-bond donors (Lipinski definition) is 0. The molecule has 0 aliphatic carbocycles. The summed E-state index contributed by atoms with van der Waals surface area (Å²) in [7, 11) is -8.32. The molecule has 0 heterocycles. The third kappa shape index (κ3) is 4.74. The van der Waals surface area contributed by atoms with Crippen LogP contribution in [-0.2, 0) is 29.2 Å². The number of halogens is 1. The summed E-state index contributed by atoms with van der Waals surface area (Å²) < 4.78 is 72.5. The Morgan fingerprint density at radius 1 is 0.788 bits per heavy atom. The molecule has 6 nitrogen and oxygen atoms in total. The summed E-state index contributed by atoms with van der Waals surface area (Å²) in [5.41, 5.74) is -0.816. The Morgan fingerprint density at radius 3 is 1.64 bits per heavy atom. The van der Waals surface area contributed by atoms with E-state index in [0.29, 0.717) is 0 Å². The maximum atomic E-state index is 14.9. The van der Waals surface area contributed by atoms with Gasteiger partial charge in [-0.25, -0.2) is 26.0 Å². The molecule has 3 aromatic rings. The van der Waals surface area contributed by atoms with E-state index in [9.17, 15) is 26.0 Å². The fourth-order valence-electron chi connectivity index (χ4n) is 3.50. The van der Waals surface area contributed by atoms with E-state index < -0.39 is 47.5 Å². The number of hydrogen-bond acceptors (Lipinski definition) is 6. The highest BCUT2D eigenvalue weighted by Gasteiger charge is 2.49. The number of rotatable bonds is 8. The van der Waals surface area contributed by atoms with Crippen LogP contribution in [0.1, 0.15) is 11.5 Å². The normalized spacial score (nSPS) is 12.8. The molecule has 0 spiro atoms. The van der Waals surface area contributed by atoms with Gasteiger partial charge in [-0.05, 0) is 35.9 Å². The van der Waals surface area contributed by atoms with Crippen LogP contribution in [0.3, 0.4) is 0 Å². The number of sulfone groups is 2. The number of benzene rings is 3. The molecule has 0 aliphatic heterocycles. The Bertz CT molecular complexity index is 1300. The summed E-state index contributed by atoms with van der Waals surface area (Å²) in [4.78, 5) is 11.8. The highest BCUT2D eigenvalue weighted by molar-refractivity contribution is 8.09. The van der Waals surface area contributed by atoms with Gasteiger partial charge in [0.25, 0.3) is 0 Å². The topological polar surface area (TPSA) is 94.6 Å². The number of esters is 1. The van der Waals surface area contributed by atoms with E-state index in [4.69, 9.17) is 4.74 Å². The summed E-state index contributed by atoms with van der Waals surface area (Å²) in [6, 6.07) is 18.9. The Kier molecular flexibility index (Phi) is 7.14. The standard InChI is InChI=1S/C24H21FO6S2/c1-17(23(26)31-2)22(20-15-9-10-16-21(20)25)24(32(27,28)18-11-5-3-6-12-18)33(29,30)19-13-7-4-8-14-19/h3-16,22,24H,1H2,2H3. The molecule has 0 radical (unpaired) electrons. The van der Waals surface area contributed by atoms with E-state index in [1.165, 1.54) is 66.7 Å². The SMILES string of the molecule is C=C(C(=O)OC)C(c1ccccc1F)C(S(=O)(=O)c1ccccc1)S(=O)(=O)c1ccccc1. The number of carbonyl (C=O) groups is 1. The van der Waals surface area contributed by atoms with Gasteiger partial charge in [0.15, 0.2) is 24.3 Å². The average Bonchev–Trinajstić information content (AvgIpc) is 2.83. The fraction of sp³-hybridized carbons (Fsp3) is 0.125. The highest BCUT2D eigenvalue weighted by atomic mass is 32.3. The molecule has 0 saturated carbocycles. The Labute approximate surface area is 192 Å². The molecule has 0 N–H and O–H groups in total. The van der Waals surface area contributed by atoms with E-state index in [2.05, 4.69) is 6.58 Å². The van der Waals surface area contributed by atoms with Crippen molar-refractivity contribution in [2.75, 3.05) is 7.11 Å². The van der Waals surface area contributed by atoms with Gasteiger partial charge in [-0.15, -0.1) is 0 Å². The summed E-state index contributed by atoms with van der Waals surface area (Å²) in [6.07, 6.45) is 0. The van der Waals surface area contributed by atoms with Crippen LogP contribution in [0, 0.1) is 5.82 Å². The fourth-order valence-corrected chi connectivity index (χ4v) is 8.45. The second-order valence-corrected chi connectivity index (χ2v) is 11.5. The zero-order valence-electron chi connectivity index (χ0n) is 17.6. The molecule has 0 aromatic heterocycles. The number of ether oxygens (including phenoxy) is 1. The van der Waals surface area contributed by atoms with E-state index in [0.717, 1.165) is 13.2 Å². The lowest BCUT2D eigenvalue weighted by Gasteiger charge is -2.28. The maximum Gasteiger partial charge on any atom is 0.333 e. The molecule has 172 valence electrons. The van der Waals surface area contributed by atoms with Crippen LogP contribution in [0.4, 0.5) is 4.39 Å². The van der Waals surface area contributed by atoms with Gasteiger partial charge in [0, 0.05) is 5.57 Å². The zero-order chi connectivity index (χ0) is 24.2. The minimum atomic E-state index is -4.68. The lowest BCUT2D eigenvalue weighted by molar-refractivity contribution is -0.136. The summed E-state index contributed by atoms with van der Waals surface area (Å²) in [5, 5.41) is 0. The van der Waals surface area contributed by atoms with Crippen molar-refractivity contribution in [3.63, 3.8) is 0 Å². The second-order valence-electron chi connectivity index (χ2n) is 7.10. The van der Waals surface area contributed by atoms with Crippen molar-refractivity contribution < 1.29 is 30.8 Å². The molecule has 0 amide bonds. The third-order valence-electron chi connectivity index (χ3n) is 5.09. The van der Waals surface area contributed by atoms with Crippen LogP contribution in [-0.4, -0.2) is 34.5 Å². The minimum Gasteiger partial charge on any atom is -0.466 e. The molecule has 1 unspecified atom stereocenters. The van der Waals surface area contributed by atoms with Gasteiger partial charge in [-0.1, -0.05) is 61.2 Å². The van der Waals surface area contributed by atoms with E-state index in [1.54, 1.807) is 12.1 Å². The van der Waals surface area contributed by atoms with Crippen LogP contribution in [0.2, 0.25) is 0 Å². The molecular weight excluding hydrogens is 467 g/mol. The van der Waals surface area contributed by atoms with Gasteiger partial charge in [0.05, 0.1) is 22.8 Å². The second kappa shape index (κ2) is 9.68. The van der Waals surface area contributed by atoms with Crippen molar-refractivity contribution in [2.45, 2.75) is 20.3 Å². The molecule has 3 rings (SSSR count). The van der Waals surface area contributed by atoms with Gasteiger partial charge in [0.2, 0.25) is 0 Å². The molecule has 1 atom stereocenters. The van der Waals surface area contributed by atoms with Gasteiger partial charge >= 0.3 is 5.97 Å².